The normalized spacial score (nSPS) is 14.6. The monoisotopic (exact) mass is 818 g/mol. The largest absolute Gasteiger partial charge is 0.458 e. The molecule has 0 saturated carbocycles. The fourth-order valence-electron chi connectivity index (χ4n) is 6.92. The summed E-state index contributed by atoms with van der Waals surface area (Å²) in [6, 6.07) is 31.4. The fraction of sp³-hybridized carbons (Fsp3) is 0.192. The molecule has 0 amide bonds. The molecule has 0 spiro atoms. The molecule has 2 atom stereocenters. The van der Waals surface area contributed by atoms with Crippen LogP contribution in [0.5, 0.6) is 11.5 Å². The molecule has 7 rings (SSSR count). The van der Waals surface area contributed by atoms with Gasteiger partial charge in [-0.25, -0.2) is 23.6 Å². The van der Waals surface area contributed by atoms with Gasteiger partial charge in [0.2, 0.25) is 0 Å². The first kappa shape index (κ1) is 43.4. The lowest BCUT2D eigenvalue weighted by atomic mass is 9.97. The smallest absolute Gasteiger partial charge is 0.338 e. The minimum Gasteiger partial charge on any atom is -0.458 e. The van der Waals surface area contributed by atoms with Crippen molar-refractivity contribution in [2.75, 3.05) is 0 Å². The first-order chi connectivity index (χ1) is 29.0. The SMILES string of the molecule is C=C(C)C(=O)Oc1ccc(-c2ccc(-c3ccc4c(c3)CC(OC(=O)C(=C)C)C4)c(F)c2)cc1.C=C(C)C(=O)Oc1ccc(-c2ccc3c(c2)CC(OC(=O)C(=C)C)C3)cc1. The summed E-state index contributed by atoms with van der Waals surface area (Å²) in [5, 5.41) is 0. The van der Waals surface area contributed by atoms with E-state index >= 15 is 4.39 Å². The third kappa shape index (κ3) is 10.9. The molecule has 5 aromatic rings. The Morgan fingerprint density at radius 2 is 0.787 bits per heavy atom. The highest BCUT2D eigenvalue weighted by Crippen LogP contribution is 2.34. The number of hydrogen-bond acceptors (Lipinski definition) is 8. The zero-order valence-corrected chi connectivity index (χ0v) is 34.8. The summed E-state index contributed by atoms with van der Waals surface area (Å²) in [4.78, 5) is 46.8. The maximum Gasteiger partial charge on any atom is 0.338 e. The van der Waals surface area contributed by atoms with Crippen molar-refractivity contribution in [3.05, 3.63) is 180 Å². The van der Waals surface area contributed by atoms with E-state index < -0.39 is 11.9 Å². The van der Waals surface area contributed by atoms with E-state index in [9.17, 15) is 19.2 Å². The van der Waals surface area contributed by atoms with Gasteiger partial charge >= 0.3 is 23.9 Å². The number of esters is 4. The van der Waals surface area contributed by atoms with Crippen molar-refractivity contribution < 1.29 is 42.5 Å². The molecule has 2 aliphatic carbocycles. The van der Waals surface area contributed by atoms with Gasteiger partial charge < -0.3 is 18.9 Å². The number of carbonyl (C=O) groups excluding carboxylic acids is 4. The van der Waals surface area contributed by atoms with Gasteiger partial charge in [-0.3, -0.25) is 0 Å². The number of ether oxygens (including phenoxy) is 4. The van der Waals surface area contributed by atoms with Gasteiger partial charge in [0, 0.05) is 53.5 Å². The lowest BCUT2D eigenvalue weighted by molar-refractivity contribution is -0.144. The average Bonchev–Trinajstić information content (AvgIpc) is 3.83. The minimum atomic E-state index is -0.488. The molecule has 0 heterocycles. The Balaban J connectivity index is 0.000000210. The lowest BCUT2D eigenvalue weighted by Gasteiger charge is -2.10. The molecule has 61 heavy (non-hydrogen) atoms. The molecule has 9 heteroatoms. The summed E-state index contributed by atoms with van der Waals surface area (Å²) in [5.74, 6) is -1.10. The van der Waals surface area contributed by atoms with Crippen LogP contribution < -0.4 is 9.47 Å². The Morgan fingerprint density at radius 1 is 0.443 bits per heavy atom. The lowest BCUT2D eigenvalue weighted by Crippen LogP contribution is -2.18. The van der Waals surface area contributed by atoms with Crippen LogP contribution in [0.25, 0.3) is 33.4 Å². The van der Waals surface area contributed by atoms with E-state index in [2.05, 4.69) is 44.5 Å². The fourth-order valence-corrected chi connectivity index (χ4v) is 6.92. The summed E-state index contributed by atoms with van der Waals surface area (Å²) >= 11 is 0. The van der Waals surface area contributed by atoms with Gasteiger partial charge in [0.05, 0.1) is 0 Å². The molecular formula is C52H47FO8. The predicted octanol–water partition coefficient (Wildman–Crippen LogP) is 10.6. The van der Waals surface area contributed by atoms with Gasteiger partial charge in [-0.15, -0.1) is 0 Å². The molecular weight excluding hydrogens is 772 g/mol. The molecule has 0 aliphatic heterocycles. The van der Waals surface area contributed by atoms with Crippen LogP contribution in [0.2, 0.25) is 0 Å². The van der Waals surface area contributed by atoms with Crippen LogP contribution in [0.15, 0.2) is 152 Å². The first-order valence-electron chi connectivity index (χ1n) is 19.8. The molecule has 0 aromatic heterocycles. The molecule has 0 radical (unpaired) electrons. The van der Waals surface area contributed by atoms with Gasteiger partial charge in [0.25, 0.3) is 0 Å². The van der Waals surface area contributed by atoms with Crippen molar-refractivity contribution in [3.63, 3.8) is 0 Å². The summed E-state index contributed by atoms with van der Waals surface area (Å²) in [6.45, 7) is 20.9. The highest BCUT2D eigenvalue weighted by molar-refractivity contribution is 5.90. The van der Waals surface area contributed by atoms with Crippen LogP contribution in [-0.4, -0.2) is 36.1 Å². The van der Waals surface area contributed by atoms with Crippen molar-refractivity contribution in [2.24, 2.45) is 0 Å². The zero-order valence-electron chi connectivity index (χ0n) is 34.8. The summed E-state index contributed by atoms with van der Waals surface area (Å²) in [5.41, 5.74) is 10.9. The Labute approximate surface area is 355 Å². The second-order valence-electron chi connectivity index (χ2n) is 15.5. The Kier molecular flexibility index (Phi) is 13.4. The maximum absolute atomic E-state index is 15.1. The van der Waals surface area contributed by atoms with Gasteiger partial charge in [0.15, 0.2) is 0 Å². The number of hydrogen-bond donors (Lipinski definition) is 0. The third-order valence-corrected chi connectivity index (χ3v) is 10.2. The molecule has 0 bridgehead atoms. The molecule has 5 aromatic carbocycles. The second kappa shape index (κ2) is 18.8. The number of fused-ring (bicyclic) bond motifs is 2. The van der Waals surface area contributed by atoms with Crippen molar-refractivity contribution in [3.8, 4) is 44.9 Å². The predicted molar refractivity (Wildman–Crippen MR) is 234 cm³/mol. The van der Waals surface area contributed by atoms with Gasteiger partial charge in [-0.2, -0.15) is 0 Å². The molecule has 0 fully saturated rings. The van der Waals surface area contributed by atoms with Crippen LogP contribution in [0, 0.1) is 5.82 Å². The average molecular weight is 819 g/mol. The standard InChI is InChI=1S/C29H25FO4.C23H22O4/c1-17(2)28(31)33-24-10-7-19(8-11-24)21-9-12-26(27(30)16-21)22-6-5-20-14-25(15-23(20)13-22)34-29(32)18(3)4;1-14(2)22(24)26-20-9-7-16(8-10-20)17-5-6-18-12-21(13-19(18)11-17)27-23(25)15(3)4/h5-13,16,25H,1,3,14-15H2,2,4H3;5-11,21H,1,3,12-13H2,2,4H3. The summed E-state index contributed by atoms with van der Waals surface area (Å²) < 4.78 is 36.5. The van der Waals surface area contributed by atoms with E-state index in [1.165, 1.54) is 17.2 Å². The van der Waals surface area contributed by atoms with Crippen LogP contribution in [0.4, 0.5) is 4.39 Å². The Morgan fingerprint density at radius 3 is 1.20 bits per heavy atom. The summed E-state index contributed by atoms with van der Waals surface area (Å²) in [6.07, 6.45) is 2.32. The maximum atomic E-state index is 15.1. The summed E-state index contributed by atoms with van der Waals surface area (Å²) in [7, 11) is 0. The van der Waals surface area contributed by atoms with Crippen molar-refractivity contribution in [1.29, 1.82) is 0 Å². The van der Waals surface area contributed by atoms with Crippen molar-refractivity contribution in [2.45, 2.75) is 65.6 Å². The molecule has 0 saturated heterocycles. The van der Waals surface area contributed by atoms with Gasteiger partial charge in [-0.1, -0.05) is 99.1 Å². The Hall–Kier alpha value is -7.13. The molecule has 8 nitrogen and oxygen atoms in total. The zero-order chi connectivity index (χ0) is 44.0. The third-order valence-electron chi connectivity index (χ3n) is 10.2. The second-order valence-corrected chi connectivity index (χ2v) is 15.5. The van der Waals surface area contributed by atoms with Crippen molar-refractivity contribution >= 4 is 23.9 Å². The van der Waals surface area contributed by atoms with Crippen molar-refractivity contribution in [1.82, 2.24) is 0 Å². The quantitative estimate of drug-likeness (QED) is 0.0737. The molecule has 0 N–H and O–H groups in total. The number of benzene rings is 5. The van der Waals surface area contributed by atoms with Crippen LogP contribution in [0.3, 0.4) is 0 Å². The highest BCUT2D eigenvalue weighted by Gasteiger charge is 2.27. The molecule has 2 aliphatic rings. The van der Waals surface area contributed by atoms with E-state index in [1.807, 2.05) is 36.4 Å². The first-order valence-corrected chi connectivity index (χ1v) is 19.8. The number of halogens is 1. The van der Waals surface area contributed by atoms with E-state index in [1.54, 1.807) is 70.2 Å². The Bertz CT molecular complexity index is 2580. The van der Waals surface area contributed by atoms with E-state index in [0.717, 1.165) is 39.8 Å². The number of carbonyl (C=O) groups is 4. The van der Waals surface area contributed by atoms with Crippen LogP contribution in [-0.2, 0) is 54.3 Å². The highest BCUT2D eigenvalue weighted by atomic mass is 19.1. The number of rotatable bonds is 11. The minimum absolute atomic E-state index is 0.136. The topological polar surface area (TPSA) is 105 Å². The van der Waals surface area contributed by atoms with Crippen LogP contribution >= 0.6 is 0 Å². The van der Waals surface area contributed by atoms with E-state index in [0.29, 0.717) is 64.2 Å². The van der Waals surface area contributed by atoms with Gasteiger partial charge in [0.1, 0.15) is 29.5 Å². The molecule has 2 unspecified atom stereocenters. The molecule has 310 valence electrons. The van der Waals surface area contributed by atoms with Crippen LogP contribution in [0.1, 0.15) is 49.9 Å². The van der Waals surface area contributed by atoms with Gasteiger partial charge in [-0.05, 0) is 108 Å². The van der Waals surface area contributed by atoms with E-state index in [4.69, 9.17) is 18.9 Å². The van der Waals surface area contributed by atoms with E-state index in [-0.39, 0.29) is 30.0 Å².